The van der Waals surface area contributed by atoms with Gasteiger partial charge in [-0.15, -0.1) is 0 Å². The molecule has 0 unspecified atom stereocenters. The fraction of sp³-hybridized carbons (Fsp3) is 0.500. The molecule has 1 fully saturated rings. The molecule has 2 N–H and O–H groups in total. The van der Waals surface area contributed by atoms with E-state index in [1.165, 1.54) is 4.31 Å². The topological polar surface area (TPSA) is 63.4 Å². The molecule has 1 aromatic carbocycles. The molecule has 0 spiro atoms. The van der Waals surface area contributed by atoms with Crippen LogP contribution in [-0.2, 0) is 10.0 Å². The van der Waals surface area contributed by atoms with E-state index >= 15 is 0 Å². The summed E-state index contributed by atoms with van der Waals surface area (Å²) in [6, 6.07) is 5.17. The predicted molar refractivity (Wildman–Crippen MR) is 74.8 cm³/mol. The van der Waals surface area contributed by atoms with Crippen molar-refractivity contribution >= 4 is 26.0 Å². The quantitative estimate of drug-likeness (QED) is 0.899. The van der Waals surface area contributed by atoms with Crippen LogP contribution >= 0.6 is 15.9 Å². The first-order valence-electron chi connectivity index (χ1n) is 5.93. The standard InChI is InChI=1S/C12H17BrN2O2S/c1-9-7-10(13)4-5-12(9)18(16,17)15-6-2-3-11(14)8-15/h4-5,7,11H,2-3,6,8,14H2,1H3/t11-/m0/s1. The number of rotatable bonds is 2. The summed E-state index contributed by atoms with van der Waals surface area (Å²) in [5.41, 5.74) is 6.60. The molecule has 6 heteroatoms. The zero-order chi connectivity index (χ0) is 13.3. The number of benzene rings is 1. The van der Waals surface area contributed by atoms with E-state index < -0.39 is 10.0 Å². The van der Waals surface area contributed by atoms with E-state index in [-0.39, 0.29) is 6.04 Å². The second-order valence-corrected chi connectivity index (χ2v) is 7.50. The number of halogens is 1. The molecule has 4 nitrogen and oxygen atoms in total. The van der Waals surface area contributed by atoms with Gasteiger partial charge < -0.3 is 5.73 Å². The Morgan fingerprint density at radius 1 is 1.44 bits per heavy atom. The maximum atomic E-state index is 12.5. The van der Waals surface area contributed by atoms with E-state index in [2.05, 4.69) is 15.9 Å². The number of sulfonamides is 1. The van der Waals surface area contributed by atoms with Gasteiger partial charge in [0.15, 0.2) is 0 Å². The second-order valence-electron chi connectivity index (χ2n) is 4.68. The molecule has 1 aromatic rings. The third-order valence-corrected chi connectivity index (χ3v) is 5.69. The summed E-state index contributed by atoms with van der Waals surface area (Å²) in [4.78, 5) is 0.375. The van der Waals surface area contributed by atoms with Crippen molar-refractivity contribution in [2.45, 2.75) is 30.7 Å². The van der Waals surface area contributed by atoms with Gasteiger partial charge in [0.25, 0.3) is 0 Å². The molecule has 100 valence electrons. The fourth-order valence-electron chi connectivity index (χ4n) is 2.23. The van der Waals surface area contributed by atoms with Crippen molar-refractivity contribution in [3.8, 4) is 0 Å². The Morgan fingerprint density at radius 3 is 2.78 bits per heavy atom. The maximum absolute atomic E-state index is 12.5. The fourth-order valence-corrected chi connectivity index (χ4v) is 4.45. The van der Waals surface area contributed by atoms with Crippen LogP contribution in [0.4, 0.5) is 0 Å². The summed E-state index contributed by atoms with van der Waals surface area (Å²) < 4.78 is 27.4. The van der Waals surface area contributed by atoms with E-state index in [0.29, 0.717) is 18.0 Å². The van der Waals surface area contributed by atoms with E-state index in [4.69, 9.17) is 5.73 Å². The molecular formula is C12H17BrN2O2S. The van der Waals surface area contributed by atoms with Crippen molar-refractivity contribution in [1.29, 1.82) is 0 Å². The predicted octanol–water partition coefficient (Wildman–Crippen LogP) is 1.87. The lowest BCUT2D eigenvalue weighted by Crippen LogP contribution is -2.45. The molecule has 2 rings (SSSR count). The van der Waals surface area contributed by atoms with Crippen LogP contribution in [0.2, 0.25) is 0 Å². The summed E-state index contributed by atoms with van der Waals surface area (Å²) >= 11 is 3.34. The van der Waals surface area contributed by atoms with E-state index in [0.717, 1.165) is 22.9 Å². The molecular weight excluding hydrogens is 316 g/mol. The van der Waals surface area contributed by atoms with E-state index in [9.17, 15) is 8.42 Å². The van der Waals surface area contributed by atoms with Crippen molar-refractivity contribution < 1.29 is 8.42 Å². The molecule has 0 aromatic heterocycles. The molecule has 1 aliphatic rings. The first-order chi connectivity index (χ1) is 8.41. The van der Waals surface area contributed by atoms with Crippen LogP contribution in [0.15, 0.2) is 27.6 Å². The van der Waals surface area contributed by atoms with Gasteiger partial charge in [-0.3, -0.25) is 0 Å². The Hall–Kier alpha value is -0.430. The summed E-state index contributed by atoms with van der Waals surface area (Å²) in [6.45, 7) is 2.78. The molecule has 0 amide bonds. The Kier molecular flexibility index (Phi) is 4.11. The zero-order valence-corrected chi connectivity index (χ0v) is 12.7. The van der Waals surface area contributed by atoms with Gasteiger partial charge in [-0.1, -0.05) is 15.9 Å². The summed E-state index contributed by atoms with van der Waals surface area (Å²) in [7, 11) is -3.41. The monoisotopic (exact) mass is 332 g/mol. The Bertz CT molecular complexity index is 545. The molecule has 18 heavy (non-hydrogen) atoms. The lowest BCUT2D eigenvalue weighted by Gasteiger charge is -2.30. The molecule has 0 saturated carbocycles. The van der Waals surface area contributed by atoms with Crippen molar-refractivity contribution in [2.24, 2.45) is 5.73 Å². The first-order valence-corrected chi connectivity index (χ1v) is 8.16. The minimum Gasteiger partial charge on any atom is -0.327 e. The van der Waals surface area contributed by atoms with Crippen LogP contribution in [0.1, 0.15) is 18.4 Å². The molecule has 0 bridgehead atoms. The van der Waals surface area contributed by atoms with E-state index in [1.54, 1.807) is 12.1 Å². The van der Waals surface area contributed by atoms with E-state index in [1.807, 2.05) is 13.0 Å². The molecule has 1 atom stereocenters. The summed E-state index contributed by atoms with van der Waals surface area (Å²) in [5.74, 6) is 0. The summed E-state index contributed by atoms with van der Waals surface area (Å²) in [5, 5.41) is 0. The average molecular weight is 333 g/mol. The molecule has 1 heterocycles. The van der Waals surface area contributed by atoms with Crippen LogP contribution in [0.3, 0.4) is 0 Å². The van der Waals surface area contributed by atoms with Crippen LogP contribution in [0, 0.1) is 6.92 Å². The number of nitrogens with two attached hydrogens (primary N) is 1. The summed E-state index contributed by atoms with van der Waals surface area (Å²) in [6.07, 6.45) is 1.72. The van der Waals surface area contributed by atoms with Crippen LogP contribution in [0.25, 0.3) is 0 Å². The molecule has 1 saturated heterocycles. The van der Waals surface area contributed by atoms with Gasteiger partial charge in [0, 0.05) is 23.6 Å². The highest BCUT2D eigenvalue weighted by Crippen LogP contribution is 2.25. The maximum Gasteiger partial charge on any atom is 0.243 e. The Labute approximate surface area is 116 Å². The SMILES string of the molecule is Cc1cc(Br)ccc1S(=O)(=O)N1CCC[C@H](N)C1. The Morgan fingerprint density at radius 2 is 2.17 bits per heavy atom. The number of nitrogens with zero attached hydrogens (tertiary/aromatic N) is 1. The highest BCUT2D eigenvalue weighted by molar-refractivity contribution is 9.10. The lowest BCUT2D eigenvalue weighted by molar-refractivity contribution is 0.316. The number of hydrogen-bond donors (Lipinski definition) is 1. The lowest BCUT2D eigenvalue weighted by atomic mass is 10.1. The zero-order valence-electron chi connectivity index (χ0n) is 10.3. The van der Waals surface area contributed by atoms with Gasteiger partial charge in [0.2, 0.25) is 10.0 Å². The van der Waals surface area contributed by atoms with Crippen molar-refractivity contribution in [2.75, 3.05) is 13.1 Å². The minimum atomic E-state index is -3.41. The third-order valence-electron chi connectivity index (χ3n) is 3.18. The Balaban J connectivity index is 2.35. The average Bonchev–Trinajstić information content (AvgIpc) is 2.28. The van der Waals surface area contributed by atoms with Gasteiger partial charge in [-0.05, 0) is 43.5 Å². The third kappa shape index (κ3) is 2.77. The van der Waals surface area contributed by atoms with Crippen molar-refractivity contribution in [3.63, 3.8) is 0 Å². The second kappa shape index (κ2) is 5.28. The molecule has 0 aliphatic carbocycles. The number of hydrogen-bond acceptors (Lipinski definition) is 3. The van der Waals surface area contributed by atoms with Gasteiger partial charge in [-0.2, -0.15) is 4.31 Å². The highest BCUT2D eigenvalue weighted by atomic mass is 79.9. The van der Waals surface area contributed by atoms with Crippen LogP contribution in [-0.4, -0.2) is 31.9 Å². The normalized spacial score (nSPS) is 22.1. The van der Waals surface area contributed by atoms with Crippen molar-refractivity contribution in [3.05, 3.63) is 28.2 Å². The number of aryl methyl sites for hydroxylation is 1. The molecule has 0 radical (unpaired) electrons. The van der Waals surface area contributed by atoms with Gasteiger partial charge >= 0.3 is 0 Å². The van der Waals surface area contributed by atoms with Gasteiger partial charge in [-0.25, -0.2) is 8.42 Å². The highest BCUT2D eigenvalue weighted by Gasteiger charge is 2.29. The largest absolute Gasteiger partial charge is 0.327 e. The van der Waals surface area contributed by atoms with Crippen LogP contribution < -0.4 is 5.73 Å². The van der Waals surface area contributed by atoms with Gasteiger partial charge in [0.1, 0.15) is 0 Å². The number of piperidine rings is 1. The smallest absolute Gasteiger partial charge is 0.243 e. The first kappa shape index (κ1) is 14.0. The minimum absolute atomic E-state index is 0.0516. The van der Waals surface area contributed by atoms with Gasteiger partial charge in [0.05, 0.1) is 4.90 Å². The van der Waals surface area contributed by atoms with Crippen molar-refractivity contribution in [1.82, 2.24) is 4.31 Å². The molecule has 1 aliphatic heterocycles. The van der Waals surface area contributed by atoms with Crippen LogP contribution in [0.5, 0.6) is 0 Å².